The molecule has 1 fully saturated rings. The van der Waals surface area contributed by atoms with Crippen molar-refractivity contribution in [1.82, 2.24) is 0 Å². The molecule has 0 unspecified atom stereocenters. The number of alkyl halides is 2. The molecule has 0 saturated carbocycles. The van der Waals surface area contributed by atoms with Gasteiger partial charge in [-0.1, -0.05) is 0 Å². The van der Waals surface area contributed by atoms with Crippen molar-refractivity contribution in [3.63, 3.8) is 0 Å². The fourth-order valence-corrected chi connectivity index (χ4v) is 1.62. The average molecular weight is 194 g/mol. The van der Waals surface area contributed by atoms with Gasteiger partial charge in [-0.2, -0.15) is 0 Å². The number of halogens is 2. The lowest BCUT2D eigenvalue weighted by Gasteiger charge is -2.26. The van der Waals surface area contributed by atoms with Gasteiger partial charge in [0.15, 0.2) is 0 Å². The SMILES string of the molecule is C[C@H]1O[C@H](C[N+](C)(C)C)CC1(F)F. The van der Waals surface area contributed by atoms with Gasteiger partial charge in [0, 0.05) is 6.42 Å². The summed E-state index contributed by atoms with van der Waals surface area (Å²) in [6.07, 6.45) is -1.36. The van der Waals surface area contributed by atoms with E-state index < -0.39 is 12.0 Å². The molecular formula is C9H18F2NO+. The largest absolute Gasteiger partial charge is 0.363 e. The number of rotatable bonds is 2. The lowest BCUT2D eigenvalue weighted by atomic mass is 10.1. The summed E-state index contributed by atoms with van der Waals surface area (Å²) >= 11 is 0. The monoisotopic (exact) mass is 194 g/mol. The summed E-state index contributed by atoms with van der Waals surface area (Å²) in [6, 6.07) is 0. The van der Waals surface area contributed by atoms with Crippen LogP contribution in [0.1, 0.15) is 13.3 Å². The quantitative estimate of drug-likeness (QED) is 0.605. The molecule has 4 heteroatoms. The Bertz CT molecular complexity index is 187. The van der Waals surface area contributed by atoms with E-state index >= 15 is 0 Å². The van der Waals surface area contributed by atoms with Crippen LogP contribution in [-0.4, -0.2) is 50.3 Å². The predicted molar refractivity (Wildman–Crippen MR) is 46.8 cm³/mol. The summed E-state index contributed by atoms with van der Waals surface area (Å²) in [5.74, 6) is -2.64. The number of hydrogen-bond acceptors (Lipinski definition) is 1. The normalized spacial score (nSPS) is 33.7. The predicted octanol–water partition coefficient (Wildman–Crippen LogP) is 1.51. The second kappa shape index (κ2) is 3.17. The van der Waals surface area contributed by atoms with E-state index in [-0.39, 0.29) is 12.5 Å². The van der Waals surface area contributed by atoms with Crippen LogP contribution in [0.25, 0.3) is 0 Å². The highest BCUT2D eigenvalue weighted by Crippen LogP contribution is 2.35. The van der Waals surface area contributed by atoms with E-state index in [0.29, 0.717) is 11.0 Å². The zero-order chi connectivity index (χ0) is 10.3. The van der Waals surface area contributed by atoms with Crippen LogP contribution in [0.2, 0.25) is 0 Å². The van der Waals surface area contributed by atoms with Crippen molar-refractivity contribution in [2.24, 2.45) is 0 Å². The van der Waals surface area contributed by atoms with Crippen molar-refractivity contribution in [2.75, 3.05) is 27.7 Å². The summed E-state index contributed by atoms with van der Waals surface area (Å²) in [5, 5.41) is 0. The van der Waals surface area contributed by atoms with E-state index in [4.69, 9.17) is 4.74 Å². The molecule has 1 rings (SSSR count). The summed E-state index contributed by atoms with van der Waals surface area (Å²) in [6.45, 7) is 2.08. The van der Waals surface area contributed by atoms with Crippen molar-refractivity contribution >= 4 is 0 Å². The first-order valence-corrected chi connectivity index (χ1v) is 4.54. The van der Waals surface area contributed by atoms with Crippen molar-refractivity contribution in [1.29, 1.82) is 0 Å². The molecule has 0 amide bonds. The minimum Gasteiger partial charge on any atom is -0.363 e. The molecule has 2 nitrogen and oxygen atoms in total. The Labute approximate surface area is 78.1 Å². The van der Waals surface area contributed by atoms with Gasteiger partial charge in [0.1, 0.15) is 18.8 Å². The van der Waals surface area contributed by atoms with Crippen molar-refractivity contribution in [2.45, 2.75) is 31.5 Å². The highest BCUT2D eigenvalue weighted by atomic mass is 19.3. The van der Waals surface area contributed by atoms with Gasteiger partial charge in [-0.25, -0.2) is 8.78 Å². The van der Waals surface area contributed by atoms with E-state index in [9.17, 15) is 8.78 Å². The van der Waals surface area contributed by atoms with Gasteiger partial charge in [0.2, 0.25) is 0 Å². The van der Waals surface area contributed by atoms with E-state index in [0.717, 1.165) is 0 Å². The van der Waals surface area contributed by atoms with Gasteiger partial charge in [-0.15, -0.1) is 0 Å². The molecule has 78 valence electrons. The molecular weight excluding hydrogens is 176 g/mol. The van der Waals surface area contributed by atoms with E-state index in [1.807, 2.05) is 21.1 Å². The van der Waals surface area contributed by atoms with Crippen LogP contribution in [-0.2, 0) is 4.74 Å². The van der Waals surface area contributed by atoms with Gasteiger partial charge in [-0.3, -0.25) is 0 Å². The first kappa shape index (κ1) is 10.9. The third-order valence-corrected chi connectivity index (χ3v) is 2.24. The summed E-state index contributed by atoms with van der Waals surface area (Å²) < 4.78 is 31.9. The Kier molecular flexibility index (Phi) is 2.65. The zero-order valence-corrected chi connectivity index (χ0v) is 8.68. The summed E-state index contributed by atoms with van der Waals surface area (Å²) in [5.41, 5.74) is 0. The smallest absolute Gasteiger partial charge is 0.276 e. The Morgan fingerprint density at radius 2 is 1.92 bits per heavy atom. The molecule has 1 saturated heterocycles. The molecule has 0 aliphatic carbocycles. The maximum Gasteiger partial charge on any atom is 0.276 e. The zero-order valence-electron chi connectivity index (χ0n) is 8.68. The minimum absolute atomic E-state index is 0.135. The van der Waals surface area contributed by atoms with Crippen molar-refractivity contribution in [3.8, 4) is 0 Å². The molecule has 0 aromatic carbocycles. The molecule has 0 radical (unpaired) electrons. The lowest BCUT2D eigenvalue weighted by molar-refractivity contribution is -0.873. The Morgan fingerprint density at radius 1 is 1.38 bits per heavy atom. The van der Waals surface area contributed by atoms with Crippen LogP contribution in [0.4, 0.5) is 8.78 Å². The number of quaternary nitrogens is 1. The van der Waals surface area contributed by atoms with E-state index in [2.05, 4.69) is 0 Å². The molecule has 1 aliphatic heterocycles. The molecule has 0 spiro atoms. The number of likely N-dealkylation sites (N-methyl/N-ethyl adjacent to an activating group) is 1. The molecule has 1 aliphatic rings. The molecule has 0 aromatic rings. The average Bonchev–Trinajstić information content (AvgIpc) is 2.01. The second-order valence-electron chi connectivity index (χ2n) is 4.84. The molecule has 0 aromatic heterocycles. The van der Waals surface area contributed by atoms with Crippen molar-refractivity contribution < 1.29 is 18.0 Å². The molecule has 2 atom stereocenters. The van der Waals surface area contributed by atoms with Crippen molar-refractivity contribution in [3.05, 3.63) is 0 Å². The second-order valence-corrected chi connectivity index (χ2v) is 4.84. The van der Waals surface area contributed by atoms with Crippen LogP contribution in [0, 0.1) is 0 Å². The minimum atomic E-state index is -2.64. The number of nitrogens with zero attached hydrogens (tertiary/aromatic N) is 1. The van der Waals surface area contributed by atoms with Gasteiger partial charge in [0.25, 0.3) is 5.92 Å². The van der Waals surface area contributed by atoms with Gasteiger partial charge in [-0.05, 0) is 6.92 Å². The fourth-order valence-electron chi connectivity index (χ4n) is 1.62. The maximum atomic E-state index is 13.0. The Hall–Kier alpha value is -0.220. The Balaban J connectivity index is 2.50. The molecule has 0 N–H and O–H groups in total. The topological polar surface area (TPSA) is 9.23 Å². The third-order valence-electron chi connectivity index (χ3n) is 2.24. The first-order chi connectivity index (χ1) is 5.71. The fraction of sp³-hybridized carbons (Fsp3) is 1.00. The maximum absolute atomic E-state index is 13.0. The van der Waals surface area contributed by atoms with Gasteiger partial charge in [0.05, 0.1) is 21.1 Å². The van der Waals surface area contributed by atoms with Crippen LogP contribution >= 0.6 is 0 Å². The van der Waals surface area contributed by atoms with Crippen LogP contribution < -0.4 is 0 Å². The molecule has 1 heterocycles. The van der Waals surface area contributed by atoms with E-state index in [1.54, 1.807) is 0 Å². The summed E-state index contributed by atoms with van der Waals surface area (Å²) in [4.78, 5) is 0. The molecule has 13 heavy (non-hydrogen) atoms. The van der Waals surface area contributed by atoms with Gasteiger partial charge < -0.3 is 9.22 Å². The molecule has 0 bridgehead atoms. The Morgan fingerprint density at radius 3 is 2.23 bits per heavy atom. The standard InChI is InChI=1S/C9H18F2NO/c1-7-9(10,11)5-8(13-7)6-12(2,3)4/h7-8H,5-6H2,1-4H3/q+1/t7-,8+/m1/s1. The number of hydrogen-bond donors (Lipinski definition) is 0. The third kappa shape index (κ3) is 2.88. The highest BCUT2D eigenvalue weighted by Gasteiger charge is 2.48. The number of ether oxygens (including phenoxy) is 1. The van der Waals surface area contributed by atoms with E-state index in [1.165, 1.54) is 6.92 Å². The highest BCUT2D eigenvalue weighted by molar-refractivity contribution is 4.86. The first-order valence-electron chi connectivity index (χ1n) is 4.54. The summed E-state index contributed by atoms with van der Waals surface area (Å²) in [7, 11) is 5.93. The van der Waals surface area contributed by atoms with Gasteiger partial charge >= 0.3 is 0 Å². The van der Waals surface area contributed by atoms with Crippen LogP contribution in [0.3, 0.4) is 0 Å². The van der Waals surface area contributed by atoms with Crippen LogP contribution in [0.15, 0.2) is 0 Å². The lowest BCUT2D eigenvalue weighted by Crippen LogP contribution is -2.41. The van der Waals surface area contributed by atoms with Crippen LogP contribution in [0.5, 0.6) is 0 Å².